The van der Waals surface area contributed by atoms with Crippen molar-refractivity contribution in [1.29, 1.82) is 0 Å². The van der Waals surface area contributed by atoms with Gasteiger partial charge in [0.05, 0.1) is 5.69 Å². The second-order valence-electron chi connectivity index (χ2n) is 7.73. The molecule has 0 spiro atoms. The van der Waals surface area contributed by atoms with E-state index in [0.717, 1.165) is 43.0 Å². The molecule has 2 aromatic heterocycles. The molecule has 0 unspecified atom stereocenters. The summed E-state index contributed by atoms with van der Waals surface area (Å²) in [5.74, 6) is 0.538. The molecule has 0 radical (unpaired) electrons. The molecule has 0 aliphatic heterocycles. The van der Waals surface area contributed by atoms with Gasteiger partial charge >= 0.3 is 0 Å². The van der Waals surface area contributed by atoms with Crippen LogP contribution in [0.1, 0.15) is 52.7 Å². The van der Waals surface area contributed by atoms with Gasteiger partial charge in [-0.25, -0.2) is 0 Å². The molecule has 2 N–H and O–H groups in total. The summed E-state index contributed by atoms with van der Waals surface area (Å²) in [4.78, 5) is 19.5. The first-order chi connectivity index (χ1) is 12.9. The summed E-state index contributed by atoms with van der Waals surface area (Å²) in [6.45, 7) is 13.4. The third-order valence-corrected chi connectivity index (χ3v) is 4.98. The predicted octanol–water partition coefficient (Wildman–Crippen LogP) is 4.26. The number of anilines is 1. The third kappa shape index (κ3) is 6.17. The Morgan fingerprint density at radius 1 is 1.26 bits per heavy atom. The van der Waals surface area contributed by atoms with E-state index in [1.54, 1.807) is 6.20 Å². The maximum Gasteiger partial charge on any atom is 0.231 e. The van der Waals surface area contributed by atoms with Crippen molar-refractivity contribution in [1.82, 2.24) is 20.1 Å². The van der Waals surface area contributed by atoms with Gasteiger partial charge in [0.2, 0.25) is 5.91 Å². The largest absolute Gasteiger partial charge is 0.309 e. The quantitative estimate of drug-likeness (QED) is 0.654. The Balaban J connectivity index is 1.94. The smallest absolute Gasteiger partial charge is 0.231 e. The maximum atomic E-state index is 12.7. The Morgan fingerprint density at radius 2 is 2.04 bits per heavy atom. The molecule has 27 heavy (non-hydrogen) atoms. The summed E-state index contributed by atoms with van der Waals surface area (Å²) in [6, 6.07) is 5.79. The molecule has 0 aliphatic carbocycles. The fourth-order valence-electron chi connectivity index (χ4n) is 2.81. The van der Waals surface area contributed by atoms with Crippen LogP contribution in [0.25, 0.3) is 11.3 Å². The molecule has 2 rings (SSSR count). The Kier molecular flexibility index (Phi) is 7.54. The van der Waals surface area contributed by atoms with Crippen molar-refractivity contribution in [3.8, 4) is 11.3 Å². The lowest BCUT2D eigenvalue weighted by atomic mass is 9.88. The van der Waals surface area contributed by atoms with E-state index < -0.39 is 5.41 Å². The van der Waals surface area contributed by atoms with Crippen LogP contribution in [0.15, 0.2) is 24.4 Å². The van der Waals surface area contributed by atoms with Gasteiger partial charge in [-0.2, -0.15) is 5.10 Å². The lowest BCUT2D eigenvalue weighted by molar-refractivity contribution is -0.124. The highest BCUT2D eigenvalue weighted by Crippen LogP contribution is 2.25. The minimum absolute atomic E-state index is 0.00544. The van der Waals surface area contributed by atoms with Crippen molar-refractivity contribution in [3.63, 3.8) is 0 Å². The van der Waals surface area contributed by atoms with E-state index in [9.17, 15) is 4.79 Å². The Labute approximate surface area is 162 Å². The summed E-state index contributed by atoms with van der Waals surface area (Å²) >= 11 is 0. The Hall–Kier alpha value is -2.21. The van der Waals surface area contributed by atoms with Gasteiger partial charge in [0.25, 0.3) is 0 Å². The Morgan fingerprint density at radius 3 is 2.67 bits per heavy atom. The van der Waals surface area contributed by atoms with Crippen molar-refractivity contribution in [2.45, 2.75) is 53.9 Å². The van der Waals surface area contributed by atoms with E-state index >= 15 is 0 Å². The maximum absolute atomic E-state index is 12.7. The van der Waals surface area contributed by atoms with Crippen molar-refractivity contribution in [2.75, 3.05) is 25.0 Å². The molecule has 0 bridgehead atoms. The molecule has 0 saturated heterocycles. The minimum atomic E-state index is -0.454. The molecular formula is C21H33N5O. The lowest BCUT2D eigenvalue weighted by Crippen LogP contribution is -2.36. The van der Waals surface area contributed by atoms with Crippen molar-refractivity contribution < 1.29 is 4.79 Å². The molecule has 148 valence electrons. The lowest BCUT2D eigenvalue weighted by Gasteiger charge is -2.27. The molecule has 0 saturated carbocycles. The highest BCUT2D eigenvalue weighted by atomic mass is 16.2. The zero-order valence-corrected chi connectivity index (χ0v) is 17.3. The van der Waals surface area contributed by atoms with Crippen molar-refractivity contribution in [2.24, 2.45) is 5.41 Å². The van der Waals surface area contributed by atoms with Gasteiger partial charge in [-0.15, -0.1) is 0 Å². The average molecular weight is 372 g/mol. The number of carbonyl (C=O) groups excluding carboxylic acids is 1. The topological polar surface area (TPSA) is 73.9 Å². The average Bonchev–Trinajstić information content (AvgIpc) is 3.11. The predicted molar refractivity (Wildman–Crippen MR) is 111 cm³/mol. The van der Waals surface area contributed by atoms with E-state index in [0.29, 0.717) is 5.82 Å². The fourth-order valence-corrected chi connectivity index (χ4v) is 2.81. The first-order valence-electron chi connectivity index (χ1n) is 9.88. The number of H-pyrrole nitrogens is 1. The number of hydrogen-bond acceptors (Lipinski definition) is 4. The molecule has 0 fully saturated rings. The third-order valence-electron chi connectivity index (χ3n) is 4.98. The molecule has 6 nitrogen and oxygen atoms in total. The molecule has 0 aliphatic rings. The van der Waals surface area contributed by atoms with Gasteiger partial charge in [0.1, 0.15) is 0 Å². The van der Waals surface area contributed by atoms with Crippen LogP contribution in [0.3, 0.4) is 0 Å². The van der Waals surface area contributed by atoms with E-state index in [4.69, 9.17) is 0 Å². The molecule has 0 aromatic carbocycles. The van der Waals surface area contributed by atoms with E-state index in [-0.39, 0.29) is 5.91 Å². The van der Waals surface area contributed by atoms with Crippen molar-refractivity contribution in [3.05, 3.63) is 30.1 Å². The van der Waals surface area contributed by atoms with Gasteiger partial charge in [0.15, 0.2) is 5.82 Å². The Bertz CT molecular complexity index is 720. The van der Waals surface area contributed by atoms with E-state index in [2.05, 4.69) is 39.2 Å². The van der Waals surface area contributed by atoms with Crippen LogP contribution in [0.4, 0.5) is 5.82 Å². The first-order valence-corrected chi connectivity index (χ1v) is 9.88. The monoisotopic (exact) mass is 371 g/mol. The van der Waals surface area contributed by atoms with Gasteiger partial charge in [-0.3, -0.25) is 14.9 Å². The van der Waals surface area contributed by atoms with Gasteiger partial charge in [-0.1, -0.05) is 34.1 Å². The number of pyridine rings is 1. The SMILES string of the molecule is CCCCN(CC)CCC(C)(C)C(=O)Nc1cc(-c2ccc(C)nc2)[nH]n1. The zero-order chi connectivity index (χ0) is 19.9. The van der Waals surface area contributed by atoms with Crippen LogP contribution in [0, 0.1) is 12.3 Å². The number of aryl methyl sites for hydroxylation is 1. The number of aromatic amines is 1. The van der Waals surface area contributed by atoms with Gasteiger partial charge in [-0.05, 0) is 51.5 Å². The number of rotatable bonds is 10. The molecule has 2 heterocycles. The molecule has 0 atom stereocenters. The summed E-state index contributed by atoms with van der Waals surface area (Å²) in [6.07, 6.45) is 5.01. The van der Waals surface area contributed by atoms with E-state index in [1.807, 2.05) is 39.0 Å². The zero-order valence-electron chi connectivity index (χ0n) is 17.3. The first kappa shape index (κ1) is 21.1. The van der Waals surface area contributed by atoms with Crippen LogP contribution >= 0.6 is 0 Å². The van der Waals surface area contributed by atoms with Crippen LogP contribution < -0.4 is 5.32 Å². The molecule has 1 amide bonds. The highest BCUT2D eigenvalue weighted by molar-refractivity contribution is 5.94. The highest BCUT2D eigenvalue weighted by Gasteiger charge is 2.28. The van der Waals surface area contributed by atoms with Crippen LogP contribution in [0.5, 0.6) is 0 Å². The number of hydrogen-bond donors (Lipinski definition) is 2. The molecule has 2 aromatic rings. The summed E-state index contributed by atoms with van der Waals surface area (Å²) in [5, 5.41) is 10.1. The van der Waals surface area contributed by atoms with Crippen LogP contribution in [-0.2, 0) is 4.79 Å². The summed E-state index contributed by atoms with van der Waals surface area (Å²) in [5.41, 5.74) is 2.30. The second kappa shape index (κ2) is 9.65. The number of unbranched alkanes of at least 4 members (excludes halogenated alkanes) is 1. The van der Waals surface area contributed by atoms with E-state index in [1.165, 1.54) is 12.8 Å². The van der Waals surface area contributed by atoms with Crippen LogP contribution in [0.2, 0.25) is 0 Å². The van der Waals surface area contributed by atoms with Gasteiger partial charge < -0.3 is 10.2 Å². The summed E-state index contributed by atoms with van der Waals surface area (Å²) in [7, 11) is 0. The standard InChI is InChI=1S/C21H33N5O/c1-6-8-12-26(7-2)13-11-21(4,5)20(27)23-19-14-18(24-25-19)17-10-9-16(3)22-15-17/h9-10,14-15H,6-8,11-13H2,1-5H3,(H2,23,24,25,27). The minimum Gasteiger partial charge on any atom is -0.309 e. The molecule has 6 heteroatoms. The van der Waals surface area contributed by atoms with Crippen molar-refractivity contribution >= 4 is 11.7 Å². The number of carbonyl (C=O) groups is 1. The molecular weight excluding hydrogens is 338 g/mol. The number of nitrogens with zero attached hydrogens (tertiary/aromatic N) is 3. The van der Waals surface area contributed by atoms with Gasteiger partial charge in [0, 0.05) is 28.9 Å². The van der Waals surface area contributed by atoms with Crippen LogP contribution in [-0.4, -0.2) is 45.6 Å². The number of aromatic nitrogens is 3. The fraction of sp³-hybridized carbons (Fsp3) is 0.571. The number of nitrogens with one attached hydrogen (secondary N) is 2. The summed E-state index contributed by atoms with van der Waals surface area (Å²) < 4.78 is 0. The second-order valence-corrected chi connectivity index (χ2v) is 7.73. The number of amides is 1. The normalized spacial score (nSPS) is 11.8.